The second kappa shape index (κ2) is 6.95. The Kier molecular flexibility index (Phi) is 5.13. The lowest BCUT2D eigenvalue weighted by atomic mass is 9.55. The molecule has 0 radical (unpaired) electrons. The van der Waals surface area contributed by atoms with Crippen LogP contribution in [0, 0.1) is 11.3 Å². The fourth-order valence-electron chi connectivity index (χ4n) is 4.45. The van der Waals surface area contributed by atoms with Gasteiger partial charge in [0, 0.05) is 51.2 Å². The smallest absolute Gasteiger partial charge is 0.194 e. The summed E-state index contributed by atoms with van der Waals surface area (Å²) < 4.78 is 17.0. The average molecular weight is 325 g/mol. The third-order valence-corrected chi connectivity index (χ3v) is 5.62. The Hall–Kier alpha value is -0.850. The molecule has 2 heterocycles. The van der Waals surface area contributed by atoms with Crippen LogP contribution in [0.25, 0.3) is 0 Å². The Bertz CT molecular complexity index is 439. The van der Waals surface area contributed by atoms with Crippen LogP contribution >= 0.6 is 0 Å². The van der Waals surface area contributed by atoms with E-state index in [4.69, 9.17) is 14.2 Å². The van der Waals surface area contributed by atoms with Gasteiger partial charge in [0.15, 0.2) is 5.96 Å². The van der Waals surface area contributed by atoms with E-state index in [1.54, 1.807) is 7.11 Å². The number of nitrogens with zero attached hydrogens (tertiary/aromatic N) is 2. The molecule has 3 rings (SSSR count). The molecule has 23 heavy (non-hydrogen) atoms. The van der Waals surface area contributed by atoms with Crippen LogP contribution in [0.3, 0.4) is 0 Å². The molecule has 4 unspecified atom stereocenters. The Morgan fingerprint density at radius 3 is 2.91 bits per heavy atom. The van der Waals surface area contributed by atoms with E-state index < -0.39 is 0 Å². The van der Waals surface area contributed by atoms with Gasteiger partial charge in [-0.3, -0.25) is 4.99 Å². The van der Waals surface area contributed by atoms with Crippen LogP contribution < -0.4 is 5.32 Å². The minimum Gasteiger partial charge on any atom is -0.382 e. The molecular weight excluding hydrogens is 294 g/mol. The molecular formula is C17H31N3O3. The fraction of sp³-hybridized carbons (Fsp3) is 0.941. The van der Waals surface area contributed by atoms with Crippen molar-refractivity contribution in [3.05, 3.63) is 0 Å². The van der Waals surface area contributed by atoms with Crippen LogP contribution in [0.15, 0.2) is 4.99 Å². The number of morpholine rings is 1. The van der Waals surface area contributed by atoms with Crippen molar-refractivity contribution in [3.8, 4) is 0 Å². The van der Waals surface area contributed by atoms with Crippen LogP contribution in [-0.2, 0) is 14.2 Å². The van der Waals surface area contributed by atoms with Crippen LogP contribution in [0.4, 0.5) is 0 Å². The molecule has 3 aliphatic rings. The number of ether oxygens (including phenoxy) is 3. The van der Waals surface area contributed by atoms with E-state index in [-0.39, 0.29) is 11.5 Å². The Balaban J connectivity index is 1.63. The molecule has 1 N–H and O–H groups in total. The van der Waals surface area contributed by atoms with Gasteiger partial charge < -0.3 is 24.4 Å². The maximum absolute atomic E-state index is 6.00. The molecule has 0 spiro atoms. The van der Waals surface area contributed by atoms with Gasteiger partial charge in [0.1, 0.15) is 0 Å². The van der Waals surface area contributed by atoms with Crippen molar-refractivity contribution in [1.82, 2.24) is 10.2 Å². The number of aliphatic imine (C=N–C) groups is 1. The lowest BCUT2D eigenvalue weighted by Gasteiger charge is -2.60. The number of hydrogen-bond acceptors (Lipinski definition) is 4. The highest BCUT2D eigenvalue weighted by Crippen LogP contribution is 2.51. The fourth-order valence-corrected chi connectivity index (χ4v) is 4.45. The molecule has 3 fully saturated rings. The molecule has 6 nitrogen and oxygen atoms in total. The van der Waals surface area contributed by atoms with Crippen LogP contribution in [0.2, 0.25) is 0 Å². The Labute approximate surface area is 139 Å². The zero-order chi connectivity index (χ0) is 16.4. The summed E-state index contributed by atoms with van der Waals surface area (Å²) in [7, 11) is 3.58. The molecule has 132 valence electrons. The van der Waals surface area contributed by atoms with E-state index in [1.807, 2.05) is 7.05 Å². The highest BCUT2D eigenvalue weighted by Gasteiger charge is 2.58. The molecule has 0 aromatic rings. The molecule has 6 heteroatoms. The summed E-state index contributed by atoms with van der Waals surface area (Å²) in [4.78, 5) is 6.82. The largest absolute Gasteiger partial charge is 0.382 e. The van der Waals surface area contributed by atoms with Gasteiger partial charge in [0.25, 0.3) is 0 Å². The van der Waals surface area contributed by atoms with Gasteiger partial charge in [-0.2, -0.15) is 0 Å². The minimum absolute atomic E-state index is 0.118. The highest BCUT2D eigenvalue weighted by molar-refractivity contribution is 5.80. The zero-order valence-electron chi connectivity index (χ0n) is 14.9. The third-order valence-electron chi connectivity index (χ3n) is 5.62. The van der Waals surface area contributed by atoms with E-state index in [0.29, 0.717) is 24.7 Å². The predicted molar refractivity (Wildman–Crippen MR) is 89.7 cm³/mol. The van der Waals surface area contributed by atoms with E-state index in [1.165, 1.54) is 12.8 Å². The minimum atomic E-state index is 0.118. The number of hydrogen-bond donors (Lipinski definition) is 1. The quantitative estimate of drug-likeness (QED) is 0.622. The summed E-state index contributed by atoms with van der Waals surface area (Å²) in [5.41, 5.74) is 0.152. The molecule has 0 amide bonds. The highest BCUT2D eigenvalue weighted by atomic mass is 16.5. The Morgan fingerprint density at radius 1 is 1.35 bits per heavy atom. The summed E-state index contributed by atoms with van der Waals surface area (Å²) >= 11 is 0. The van der Waals surface area contributed by atoms with Gasteiger partial charge in [0.05, 0.1) is 25.4 Å². The van der Waals surface area contributed by atoms with Crippen molar-refractivity contribution in [2.45, 2.75) is 44.9 Å². The predicted octanol–water partition coefficient (Wildman–Crippen LogP) is 1.11. The van der Waals surface area contributed by atoms with E-state index in [0.717, 1.165) is 32.3 Å². The number of guanidine groups is 1. The first-order valence-corrected chi connectivity index (χ1v) is 8.78. The summed E-state index contributed by atoms with van der Waals surface area (Å²) in [5, 5.41) is 3.72. The maximum Gasteiger partial charge on any atom is 0.194 e. The second-order valence-electron chi connectivity index (χ2n) is 7.48. The summed E-state index contributed by atoms with van der Waals surface area (Å²) in [6.07, 6.45) is 2.92. The summed E-state index contributed by atoms with van der Waals surface area (Å²) in [6.45, 7) is 8.56. The first-order chi connectivity index (χ1) is 11.1. The van der Waals surface area contributed by atoms with Crippen molar-refractivity contribution in [1.29, 1.82) is 0 Å². The topological polar surface area (TPSA) is 55.3 Å². The number of fused-ring (bicyclic) bond motifs is 1. The van der Waals surface area contributed by atoms with E-state index in [9.17, 15) is 0 Å². The van der Waals surface area contributed by atoms with Gasteiger partial charge in [-0.05, 0) is 12.8 Å². The second-order valence-corrected chi connectivity index (χ2v) is 7.48. The van der Waals surface area contributed by atoms with Crippen molar-refractivity contribution in [2.24, 2.45) is 16.3 Å². The SMILES string of the molecule is CN=C(NC1C2CCCOC2C1(C)C)N1CCOC(COC)C1. The lowest BCUT2D eigenvalue weighted by Crippen LogP contribution is -2.71. The van der Waals surface area contributed by atoms with Gasteiger partial charge in [-0.25, -0.2) is 0 Å². The van der Waals surface area contributed by atoms with Crippen LogP contribution in [0.5, 0.6) is 0 Å². The first-order valence-electron chi connectivity index (χ1n) is 8.78. The normalized spacial score (nSPS) is 37.0. The van der Waals surface area contributed by atoms with Crippen molar-refractivity contribution < 1.29 is 14.2 Å². The average Bonchev–Trinajstić information content (AvgIpc) is 2.56. The van der Waals surface area contributed by atoms with Crippen LogP contribution in [0.1, 0.15) is 26.7 Å². The molecule has 0 aromatic heterocycles. The maximum atomic E-state index is 6.00. The van der Waals surface area contributed by atoms with Gasteiger partial charge in [0.2, 0.25) is 0 Å². The molecule has 1 aliphatic carbocycles. The van der Waals surface area contributed by atoms with Crippen LogP contribution in [-0.4, -0.2) is 76.2 Å². The Morgan fingerprint density at radius 2 is 2.17 bits per heavy atom. The van der Waals surface area contributed by atoms with Crippen molar-refractivity contribution in [3.63, 3.8) is 0 Å². The molecule has 2 saturated heterocycles. The standard InChI is InChI=1S/C17H31N3O3/c1-17(2)14(13-6-5-8-23-15(13)17)19-16(18-3)20-7-9-22-12(10-20)11-21-4/h12-15H,5-11H2,1-4H3,(H,18,19). The van der Waals surface area contributed by atoms with E-state index >= 15 is 0 Å². The number of rotatable bonds is 3. The van der Waals surface area contributed by atoms with Gasteiger partial charge in [-0.15, -0.1) is 0 Å². The lowest BCUT2D eigenvalue weighted by molar-refractivity contribution is -0.189. The van der Waals surface area contributed by atoms with Crippen molar-refractivity contribution >= 4 is 5.96 Å². The van der Waals surface area contributed by atoms with Crippen molar-refractivity contribution in [2.75, 3.05) is 47.1 Å². The number of methoxy groups -OCH3 is 1. The first kappa shape index (κ1) is 17.0. The monoisotopic (exact) mass is 325 g/mol. The summed E-state index contributed by atoms with van der Waals surface area (Å²) in [5.74, 6) is 1.59. The van der Waals surface area contributed by atoms with E-state index in [2.05, 4.69) is 29.1 Å². The molecule has 1 saturated carbocycles. The zero-order valence-corrected chi connectivity index (χ0v) is 14.9. The third kappa shape index (κ3) is 3.21. The molecule has 4 atom stereocenters. The molecule has 0 aromatic carbocycles. The van der Waals surface area contributed by atoms with Gasteiger partial charge in [-0.1, -0.05) is 13.8 Å². The molecule has 0 bridgehead atoms. The summed E-state index contributed by atoms with van der Waals surface area (Å²) in [6, 6.07) is 0.426. The number of nitrogens with one attached hydrogen (secondary N) is 1. The molecule has 2 aliphatic heterocycles. The van der Waals surface area contributed by atoms with Gasteiger partial charge >= 0.3 is 0 Å².